The largest absolute Gasteiger partial charge is 0.306 e. The fourth-order valence-electron chi connectivity index (χ4n) is 1.45. The Kier molecular flexibility index (Phi) is 2.19. The van der Waals surface area contributed by atoms with Crippen molar-refractivity contribution in [3.8, 4) is 0 Å². The van der Waals surface area contributed by atoms with E-state index in [1.54, 1.807) is 0 Å². The zero-order chi connectivity index (χ0) is 8.23. The van der Waals surface area contributed by atoms with Crippen molar-refractivity contribution in [3.63, 3.8) is 0 Å². The first-order valence-electron chi connectivity index (χ1n) is 4.25. The average Bonchev–Trinajstić information content (AvgIpc) is 2.21. The van der Waals surface area contributed by atoms with Gasteiger partial charge in [0.15, 0.2) is 0 Å². The molecule has 1 aliphatic rings. The molecule has 0 unspecified atom stereocenters. The topological polar surface area (TPSA) is 24.9 Å². The number of nitrogens with zero attached hydrogens (tertiary/aromatic N) is 1. The van der Waals surface area contributed by atoms with Crippen molar-refractivity contribution < 1.29 is 0 Å². The summed E-state index contributed by atoms with van der Waals surface area (Å²) in [6.07, 6.45) is 9.19. The number of hydrogen-bond acceptors (Lipinski definition) is 2. The molecule has 0 fully saturated rings. The minimum atomic E-state index is 0.462. The molecular formula is C10H12N2. The van der Waals surface area contributed by atoms with E-state index in [-0.39, 0.29) is 0 Å². The van der Waals surface area contributed by atoms with Crippen LogP contribution in [0.4, 0.5) is 0 Å². The summed E-state index contributed by atoms with van der Waals surface area (Å²) in [4.78, 5) is 4.10. The molecule has 0 aromatic carbocycles. The zero-order valence-corrected chi connectivity index (χ0v) is 6.90. The molecule has 0 radical (unpaired) electrons. The van der Waals surface area contributed by atoms with Gasteiger partial charge >= 0.3 is 0 Å². The van der Waals surface area contributed by atoms with Gasteiger partial charge in [0, 0.05) is 25.0 Å². The number of rotatable bonds is 1. The van der Waals surface area contributed by atoms with E-state index in [1.807, 2.05) is 18.5 Å². The van der Waals surface area contributed by atoms with Gasteiger partial charge in [0.2, 0.25) is 0 Å². The van der Waals surface area contributed by atoms with Gasteiger partial charge in [0.05, 0.1) is 0 Å². The smallest absolute Gasteiger partial charge is 0.0372 e. The van der Waals surface area contributed by atoms with Crippen molar-refractivity contribution in [3.05, 3.63) is 42.2 Å². The van der Waals surface area contributed by atoms with E-state index in [2.05, 4.69) is 28.5 Å². The molecule has 2 heterocycles. The lowest BCUT2D eigenvalue weighted by Crippen LogP contribution is -2.23. The van der Waals surface area contributed by atoms with E-state index in [4.69, 9.17) is 0 Å². The van der Waals surface area contributed by atoms with Gasteiger partial charge in [0.1, 0.15) is 0 Å². The lowest BCUT2D eigenvalue weighted by atomic mass is 10.0. The third-order valence-corrected chi connectivity index (χ3v) is 2.11. The highest BCUT2D eigenvalue weighted by Gasteiger charge is 2.10. The Labute approximate surface area is 72.3 Å². The van der Waals surface area contributed by atoms with Crippen LogP contribution in [0.5, 0.6) is 0 Å². The third kappa shape index (κ3) is 1.53. The molecule has 2 nitrogen and oxygen atoms in total. The highest BCUT2D eigenvalue weighted by atomic mass is 14.9. The van der Waals surface area contributed by atoms with Gasteiger partial charge in [-0.3, -0.25) is 4.98 Å². The van der Waals surface area contributed by atoms with Gasteiger partial charge in [-0.15, -0.1) is 0 Å². The standard InChI is InChI=1S/C10H12N2/c1-2-7-12-10(5-1)9-4-3-6-11-8-9/h1-4,6,8,10,12H,5,7H2/t10-/m1/s1. The normalized spacial score (nSPS) is 22.5. The van der Waals surface area contributed by atoms with Gasteiger partial charge in [0.25, 0.3) is 0 Å². The monoisotopic (exact) mass is 160 g/mol. The first kappa shape index (κ1) is 7.50. The number of aromatic nitrogens is 1. The number of hydrogen-bond donors (Lipinski definition) is 1. The molecule has 62 valence electrons. The van der Waals surface area contributed by atoms with E-state index in [1.165, 1.54) is 5.56 Å². The Bertz CT molecular complexity index is 266. The molecule has 1 aliphatic heterocycles. The molecule has 0 saturated carbocycles. The molecule has 0 spiro atoms. The van der Waals surface area contributed by atoms with E-state index in [9.17, 15) is 0 Å². The molecule has 2 heteroatoms. The summed E-state index contributed by atoms with van der Waals surface area (Å²) in [6, 6.07) is 4.56. The first-order valence-corrected chi connectivity index (χ1v) is 4.25. The van der Waals surface area contributed by atoms with Gasteiger partial charge in [-0.25, -0.2) is 0 Å². The Morgan fingerprint density at radius 2 is 2.42 bits per heavy atom. The van der Waals surface area contributed by atoms with Crippen LogP contribution in [0.25, 0.3) is 0 Å². The Morgan fingerprint density at radius 3 is 3.08 bits per heavy atom. The van der Waals surface area contributed by atoms with Crippen molar-refractivity contribution in [1.82, 2.24) is 10.3 Å². The van der Waals surface area contributed by atoms with E-state index < -0.39 is 0 Å². The fourth-order valence-corrected chi connectivity index (χ4v) is 1.45. The minimum absolute atomic E-state index is 0.462. The molecule has 0 amide bonds. The molecule has 12 heavy (non-hydrogen) atoms. The van der Waals surface area contributed by atoms with Gasteiger partial charge in [-0.05, 0) is 18.1 Å². The van der Waals surface area contributed by atoms with E-state index in [0.29, 0.717) is 6.04 Å². The maximum atomic E-state index is 4.10. The summed E-state index contributed by atoms with van der Waals surface area (Å²) in [5.41, 5.74) is 1.28. The van der Waals surface area contributed by atoms with E-state index in [0.717, 1.165) is 13.0 Å². The van der Waals surface area contributed by atoms with Crippen LogP contribution in [0.3, 0.4) is 0 Å². The van der Waals surface area contributed by atoms with E-state index >= 15 is 0 Å². The minimum Gasteiger partial charge on any atom is -0.306 e. The van der Waals surface area contributed by atoms with Crippen LogP contribution in [-0.2, 0) is 0 Å². The highest BCUT2D eigenvalue weighted by Crippen LogP contribution is 2.17. The summed E-state index contributed by atoms with van der Waals surface area (Å²) in [5.74, 6) is 0. The lowest BCUT2D eigenvalue weighted by molar-refractivity contribution is 0.553. The molecule has 1 aromatic heterocycles. The van der Waals surface area contributed by atoms with Crippen LogP contribution >= 0.6 is 0 Å². The Balaban J connectivity index is 2.15. The summed E-state index contributed by atoms with van der Waals surface area (Å²) >= 11 is 0. The Hall–Kier alpha value is -1.15. The maximum absolute atomic E-state index is 4.10. The van der Waals surface area contributed by atoms with Crippen LogP contribution in [0, 0.1) is 0 Å². The quantitative estimate of drug-likeness (QED) is 0.632. The zero-order valence-electron chi connectivity index (χ0n) is 6.90. The molecule has 1 atom stereocenters. The molecule has 2 rings (SSSR count). The molecular weight excluding hydrogens is 148 g/mol. The average molecular weight is 160 g/mol. The molecule has 0 saturated heterocycles. The van der Waals surface area contributed by atoms with Crippen molar-refractivity contribution in [2.45, 2.75) is 12.5 Å². The maximum Gasteiger partial charge on any atom is 0.0372 e. The molecule has 0 aliphatic carbocycles. The van der Waals surface area contributed by atoms with Gasteiger partial charge < -0.3 is 5.32 Å². The van der Waals surface area contributed by atoms with Crippen LogP contribution in [-0.4, -0.2) is 11.5 Å². The highest BCUT2D eigenvalue weighted by molar-refractivity contribution is 5.16. The number of pyridine rings is 1. The predicted molar refractivity (Wildman–Crippen MR) is 48.7 cm³/mol. The van der Waals surface area contributed by atoms with Crippen molar-refractivity contribution >= 4 is 0 Å². The summed E-state index contributed by atoms with van der Waals surface area (Å²) < 4.78 is 0. The van der Waals surface area contributed by atoms with Gasteiger partial charge in [-0.1, -0.05) is 18.2 Å². The van der Waals surface area contributed by atoms with Crippen molar-refractivity contribution in [2.24, 2.45) is 0 Å². The van der Waals surface area contributed by atoms with Crippen LogP contribution in [0.1, 0.15) is 18.0 Å². The molecule has 0 bridgehead atoms. The Morgan fingerprint density at radius 1 is 1.42 bits per heavy atom. The number of nitrogens with one attached hydrogen (secondary N) is 1. The lowest BCUT2D eigenvalue weighted by Gasteiger charge is -2.19. The van der Waals surface area contributed by atoms with Crippen LogP contribution in [0.15, 0.2) is 36.7 Å². The summed E-state index contributed by atoms with van der Waals surface area (Å²) in [7, 11) is 0. The SMILES string of the molecule is C1=CC[C@H](c2cccnc2)NC1. The third-order valence-electron chi connectivity index (χ3n) is 2.11. The predicted octanol–water partition coefficient (Wildman–Crippen LogP) is 1.67. The van der Waals surface area contributed by atoms with Gasteiger partial charge in [-0.2, -0.15) is 0 Å². The summed E-state index contributed by atoms with van der Waals surface area (Å²) in [6.45, 7) is 0.972. The van der Waals surface area contributed by atoms with Crippen LogP contribution in [0.2, 0.25) is 0 Å². The molecule has 1 N–H and O–H groups in total. The van der Waals surface area contributed by atoms with Crippen molar-refractivity contribution in [2.75, 3.05) is 6.54 Å². The molecule has 1 aromatic rings. The second kappa shape index (κ2) is 3.50. The van der Waals surface area contributed by atoms with Crippen molar-refractivity contribution in [1.29, 1.82) is 0 Å². The second-order valence-electron chi connectivity index (χ2n) is 2.95. The first-order chi connectivity index (χ1) is 5.97. The fraction of sp³-hybridized carbons (Fsp3) is 0.300. The second-order valence-corrected chi connectivity index (χ2v) is 2.95. The van der Waals surface area contributed by atoms with Crippen LogP contribution < -0.4 is 5.32 Å². The summed E-state index contributed by atoms with van der Waals surface area (Å²) in [5, 5.41) is 3.41.